The molecule has 0 spiro atoms. The zero-order chi connectivity index (χ0) is 22.8. The lowest BCUT2D eigenvalue weighted by atomic mass is 9.36. The van der Waals surface area contributed by atoms with E-state index in [4.69, 9.17) is 9.15 Å². The van der Waals surface area contributed by atoms with Crippen molar-refractivity contribution in [2.45, 2.75) is 77.3 Å². The van der Waals surface area contributed by atoms with Gasteiger partial charge in [0, 0.05) is 40.9 Å². The predicted octanol–water partition coefficient (Wildman–Crippen LogP) is 2.82. The molecule has 0 amide bonds. The molecule has 0 bridgehead atoms. The molecule has 1 aromatic heterocycles. The van der Waals surface area contributed by atoms with E-state index in [1.165, 1.54) is 0 Å². The maximum atomic E-state index is 13.9. The SMILES string of the molecule is C[C@@]12C(=O)C[C@@H]3[C@](C)(C1=CC[C@H]2c1ccoc1)[C@H](O)[C@@H]1OC[C@]2(C)[C@@H]1[C@@]3(C)[C@@H](O)C[C@@H]2O. The molecule has 32 heavy (non-hydrogen) atoms. The molecule has 3 saturated carbocycles. The number of allylic oxidation sites excluding steroid dienone is 1. The van der Waals surface area contributed by atoms with E-state index >= 15 is 0 Å². The van der Waals surface area contributed by atoms with Gasteiger partial charge in [0.25, 0.3) is 0 Å². The van der Waals surface area contributed by atoms with E-state index in [-0.39, 0.29) is 30.0 Å². The van der Waals surface area contributed by atoms with E-state index in [1.807, 2.05) is 19.9 Å². The first-order chi connectivity index (χ1) is 15.0. The molecule has 1 saturated heterocycles. The first kappa shape index (κ1) is 21.1. The molecule has 6 rings (SSSR count). The average Bonchev–Trinajstić information content (AvgIpc) is 3.46. The predicted molar refractivity (Wildman–Crippen MR) is 116 cm³/mol. The number of aliphatic hydroxyl groups excluding tert-OH is 3. The lowest BCUT2D eigenvalue weighted by molar-refractivity contribution is -0.252. The van der Waals surface area contributed by atoms with Gasteiger partial charge in [-0.25, -0.2) is 0 Å². The van der Waals surface area contributed by atoms with Gasteiger partial charge in [0.2, 0.25) is 0 Å². The van der Waals surface area contributed by atoms with Crippen LogP contribution in [0.15, 0.2) is 34.7 Å². The maximum Gasteiger partial charge on any atom is 0.143 e. The van der Waals surface area contributed by atoms with Gasteiger partial charge in [-0.3, -0.25) is 4.79 Å². The summed E-state index contributed by atoms with van der Waals surface area (Å²) in [5.41, 5.74) is -0.622. The highest BCUT2D eigenvalue weighted by molar-refractivity contribution is 5.92. The third-order valence-electron chi connectivity index (χ3n) is 10.9. The molecule has 1 aromatic rings. The molecule has 2 heterocycles. The number of hydrogen-bond donors (Lipinski definition) is 3. The number of carbonyl (C=O) groups is 1. The van der Waals surface area contributed by atoms with E-state index in [2.05, 4.69) is 19.9 Å². The normalized spacial score (nSPS) is 56.4. The number of ketones is 1. The standard InChI is InChI=1S/C26H34O6/c1-23-12-32-20-21(23)26(4,19(29)10-17(23)27)16-9-18(28)24(2)14(13-7-8-31-11-13)5-6-15(24)25(16,3)22(20)30/h6-8,11,14,16-17,19-22,27,29-30H,5,9-10,12H2,1-4H3/t14-,16+,17-,19-,20+,21+,22+,23-,24-,25-,26+/m0/s1. The van der Waals surface area contributed by atoms with Crippen molar-refractivity contribution in [3.8, 4) is 0 Å². The summed E-state index contributed by atoms with van der Waals surface area (Å²) in [6.07, 6.45) is 4.06. The van der Waals surface area contributed by atoms with E-state index < -0.39 is 46.1 Å². The Morgan fingerprint density at radius 3 is 2.53 bits per heavy atom. The van der Waals surface area contributed by atoms with E-state index in [1.54, 1.807) is 12.5 Å². The van der Waals surface area contributed by atoms with Crippen molar-refractivity contribution in [1.82, 2.24) is 0 Å². The van der Waals surface area contributed by atoms with Crippen molar-refractivity contribution in [3.05, 3.63) is 35.8 Å². The molecule has 0 unspecified atom stereocenters. The number of hydrogen-bond acceptors (Lipinski definition) is 6. The molecule has 6 heteroatoms. The fourth-order valence-corrected chi connectivity index (χ4v) is 9.18. The Morgan fingerprint density at radius 2 is 1.84 bits per heavy atom. The molecule has 11 atom stereocenters. The van der Waals surface area contributed by atoms with E-state index in [0.29, 0.717) is 13.0 Å². The van der Waals surface area contributed by atoms with Crippen LogP contribution in [0.4, 0.5) is 0 Å². The highest BCUT2D eigenvalue weighted by atomic mass is 16.5. The Hall–Kier alpha value is -1.47. The Morgan fingerprint density at radius 1 is 1.09 bits per heavy atom. The van der Waals surface area contributed by atoms with Crippen LogP contribution in [0.1, 0.15) is 58.4 Å². The summed E-state index contributed by atoms with van der Waals surface area (Å²) in [6, 6.07) is 1.93. The lowest BCUT2D eigenvalue weighted by Gasteiger charge is -2.68. The second kappa shape index (κ2) is 6.15. The minimum absolute atomic E-state index is 0.0212. The smallest absolute Gasteiger partial charge is 0.143 e. The Balaban J connectivity index is 1.52. The summed E-state index contributed by atoms with van der Waals surface area (Å²) in [7, 11) is 0. The van der Waals surface area contributed by atoms with Crippen LogP contribution >= 0.6 is 0 Å². The Labute approximate surface area is 188 Å². The van der Waals surface area contributed by atoms with Crippen LogP contribution in [0, 0.1) is 33.5 Å². The fourth-order valence-electron chi connectivity index (χ4n) is 9.18. The summed E-state index contributed by atoms with van der Waals surface area (Å²) >= 11 is 0. The van der Waals surface area contributed by atoms with Crippen molar-refractivity contribution in [2.24, 2.45) is 33.5 Å². The Kier molecular flexibility index (Phi) is 4.05. The van der Waals surface area contributed by atoms with Crippen LogP contribution in [0.5, 0.6) is 0 Å². The summed E-state index contributed by atoms with van der Waals surface area (Å²) in [4.78, 5) is 13.9. The van der Waals surface area contributed by atoms with Crippen LogP contribution < -0.4 is 0 Å². The molecular formula is C26H34O6. The second-order valence-electron chi connectivity index (χ2n) is 12.0. The molecule has 0 aromatic carbocycles. The van der Waals surface area contributed by atoms with Crippen LogP contribution in [-0.2, 0) is 9.53 Å². The number of rotatable bonds is 1. The minimum Gasteiger partial charge on any atom is -0.472 e. The first-order valence-electron chi connectivity index (χ1n) is 11.9. The molecule has 5 aliphatic rings. The molecule has 0 radical (unpaired) electrons. The van der Waals surface area contributed by atoms with Crippen molar-refractivity contribution >= 4 is 5.78 Å². The van der Waals surface area contributed by atoms with Gasteiger partial charge in [0.1, 0.15) is 5.78 Å². The van der Waals surface area contributed by atoms with Gasteiger partial charge in [0.05, 0.1) is 49.0 Å². The maximum absolute atomic E-state index is 13.9. The van der Waals surface area contributed by atoms with E-state index in [9.17, 15) is 20.1 Å². The zero-order valence-corrected chi connectivity index (χ0v) is 19.2. The number of furan rings is 1. The fraction of sp³-hybridized carbons (Fsp3) is 0.731. The largest absolute Gasteiger partial charge is 0.472 e. The zero-order valence-electron chi connectivity index (χ0n) is 19.2. The number of ether oxygens (including phenoxy) is 1. The quantitative estimate of drug-likeness (QED) is 0.579. The number of Topliss-reactive ketones (excluding diaryl/α,β-unsaturated/α-hetero) is 1. The molecule has 6 nitrogen and oxygen atoms in total. The molecule has 4 aliphatic carbocycles. The van der Waals surface area contributed by atoms with E-state index in [0.717, 1.165) is 17.6 Å². The van der Waals surface area contributed by atoms with Crippen molar-refractivity contribution in [1.29, 1.82) is 0 Å². The highest BCUT2D eigenvalue weighted by Gasteiger charge is 2.77. The molecular weight excluding hydrogens is 408 g/mol. The van der Waals surface area contributed by atoms with Gasteiger partial charge < -0.3 is 24.5 Å². The lowest BCUT2D eigenvalue weighted by Crippen LogP contribution is -2.73. The topological polar surface area (TPSA) is 100 Å². The second-order valence-corrected chi connectivity index (χ2v) is 12.0. The third-order valence-corrected chi connectivity index (χ3v) is 10.9. The summed E-state index contributed by atoms with van der Waals surface area (Å²) in [5, 5.41) is 34.2. The summed E-state index contributed by atoms with van der Waals surface area (Å²) in [5.74, 6) is -0.303. The Bertz CT molecular complexity index is 1000. The van der Waals surface area contributed by atoms with Gasteiger partial charge in [-0.15, -0.1) is 0 Å². The molecule has 4 fully saturated rings. The van der Waals surface area contributed by atoms with Crippen LogP contribution in [0.3, 0.4) is 0 Å². The van der Waals surface area contributed by atoms with Crippen LogP contribution in [0.2, 0.25) is 0 Å². The van der Waals surface area contributed by atoms with Crippen molar-refractivity contribution in [2.75, 3.05) is 6.61 Å². The van der Waals surface area contributed by atoms with Gasteiger partial charge >= 0.3 is 0 Å². The monoisotopic (exact) mass is 442 g/mol. The molecule has 3 N–H and O–H groups in total. The number of carbonyl (C=O) groups excluding carboxylic acids is 1. The first-order valence-corrected chi connectivity index (χ1v) is 11.9. The molecule has 174 valence electrons. The van der Waals surface area contributed by atoms with Gasteiger partial charge in [-0.2, -0.15) is 0 Å². The average molecular weight is 443 g/mol. The highest BCUT2D eigenvalue weighted by Crippen LogP contribution is 2.74. The van der Waals surface area contributed by atoms with Crippen LogP contribution in [0.25, 0.3) is 0 Å². The summed E-state index contributed by atoms with van der Waals surface area (Å²) < 4.78 is 11.6. The van der Waals surface area contributed by atoms with Gasteiger partial charge in [-0.1, -0.05) is 32.4 Å². The molecule has 1 aliphatic heterocycles. The van der Waals surface area contributed by atoms with Crippen LogP contribution in [-0.4, -0.2) is 52.1 Å². The third kappa shape index (κ3) is 2.06. The summed E-state index contributed by atoms with van der Waals surface area (Å²) in [6.45, 7) is 8.54. The van der Waals surface area contributed by atoms with Crippen molar-refractivity contribution in [3.63, 3.8) is 0 Å². The number of aliphatic hydroxyl groups is 3. The number of fused-ring (bicyclic) bond motifs is 4. The minimum atomic E-state index is -0.813. The van der Waals surface area contributed by atoms with Crippen molar-refractivity contribution < 1.29 is 29.3 Å². The van der Waals surface area contributed by atoms with Gasteiger partial charge in [0.15, 0.2) is 0 Å². The van der Waals surface area contributed by atoms with Gasteiger partial charge in [-0.05, 0) is 30.9 Å².